The van der Waals surface area contributed by atoms with Crippen molar-refractivity contribution in [1.29, 1.82) is 0 Å². The number of carbonyl (C=O) groups is 2. The zero-order chi connectivity index (χ0) is 24.0. The van der Waals surface area contributed by atoms with E-state index < -0.39 is 22.2 Å². The fourth-order valence-corrected chi connectivity index (χ4v) is 6.06. The molecular weight excluding hydrogens is 460 g/mol. The van der Waals surface area contributed by atoms with Gasteiger partial charge in [-0.25, -0.2) is 27.2 Å². The fourth-order valence-electron chi connectivity index (χ4n) is 4.76. The molecule has 12 heteroatoms. The lowest BCUT2D eigenvalue weighted by Gasteiger charge is -2.35. The molecule has 2 fully saturated rings. The molecule has 5 rings (SSSR count). The highest BCUT2D eigenvalue weighted by Crippen LogP contribution is 2.31. The average Bonchev–Trinajstić information content (AvgIpc) is 3.37. The molecule has 2 saturated heterocycles. The van der Waals surface area contributed by atoms with Gasteiger partial charge in [0.15, 0.2) is 5.65 Å². The van der Waals surface area contributed by atoms with E-state index in [1.807, 2.05) is 6.92 Å². The molecule has 3 atom stereocenters. The van der Waals surface area contributed by atoms with Crippen molar-refractivity contribution in [1.82, 2.24) is 24.2 Å². The van der Waals surface area contributed by atoms with Gasteiger partial charge in [0.2, 0.25) is 5.91 Å². The molecule has 0 spiro atoms. The van der Waals surface area contributed by atoms with Crippen LogP contribution in [-0.4, -0.2) is 69.0 Å². The molecule has 34 heavy (non-hydrogen) atoms. The van der Waals surface area contributed by atoms with Crippen LogP contribution in [0.3, 0.4) is 0 Å². The van der Waals surface area contributed by atoms with Gasteiger partial charge in [0.25, 0.3) is 10.0 Å². The van der Waals surface area contributed by atoms with Crippen molar-refractivity contribution in [2.75, 3.05) is 11.9 Å². The van der Waals surface area contributed by atoms with Crippen LogP contribution in [0.15, 0.2) is 47.8 Å². The predicted octanol–water partition coefficient (Wildman–Crippen LogP) is 1.79. The standard InChI is InChI=1S/C22H24N6O5S/c1-13-2-6-16(7-3-13)34(32,33)28-9-8-17-19(23-12-24-20(17)28)25-14-4-5-15-10-18(26-22(30)31)21(29)27(15)11-14/h2-3,6-9,12,14-15,18,26H,4-5,10-11H2,1H3,(H,30,31)(H,23,24,25)/t14-,15-,18-/m0/s1. The van der Waals surface area contributed by atoms with Crippen molar-refractivity contribution < 1.29 is 23.1 Å². The van der Waals surface area contributed by atoms with Gasteiger partial charge < -0.3 is 20.6 Å². The third-order valence-electron chi connectivity index (χ3n) is 6.46. The molecule has 0 unspecified atom stereocenters. The Morgan fingerprint density at radius 3 is 2.65 bits per heavy atom. The highest BCUT2D eigenvalue weighted by molar-refractivity contribution is 7.90. The Hall–Kier alpha value is -3.67. The van der Waals surface area contributed by atoms with E-state index in [0.717, 1.165) is 22.4 Å². The Balaban J connectivity index is 1.38. The monoisotopic (exact) mass is 484 g/mol. The van der Waals surface area contributed by atoms with Gasteiger partial charge in [-0.15, -0.1) is 0 Å². The van der Waals surface area contributed by atoms with Crippen molar-refractivity contribution in [2.45, 2.75) is 49.2 Å². The van der Waals surface area contributed by atoms with E-state index in [0.29, 0.717) is 24.2 Å². The first-order valence-corrected chi connectivity index (χ1v) is 12.4. The molecule has 3 aromatic rings. The van der Waals surface area contributed by atoms with Crippen LogP contribution in [0.1, 0.15) is 24.8 Å². The molecule has 2 amide bonds. The topological polar surface area (TPSA) is 147 Å². The Morgan fingerprint density at radius 2 is 1.91 bits per heavy atom. The van der Waals surface area contributed by atoms with Gasteiger partial charge in [0.1, 0.15) is 18.2 Å². The molecule has 2 aromatic heterocycles. The lowest BCUT2D eigenvalue weighted by Crippen LogP contribution is -2.48. The number of carboxylic acid groups (broad SMARTS) is 1. The molecule has 0 radical (unpaired) electrons. The van der Waals surface area contributed by atoms with E-state index in [1.54, 1.807) is 35.2 Å². The lowest BCUT2D eigenvalue weighted by molar-refractivity contribution is -0.131. The van der Waals surface area contributed by atoms with Crippen LogP contribution in [0.4, 0.5) is 10.6 Å². The minimum absolute atomic E-state index is 0.00792. The molecule has 178 valence electrons. The second-order valence-corrected chi connectivity index (χ2v) is 10.5. The Morgan fingerprint density at radius 1 is 1.15 bits per heavy atom. The molecule has 2 aliphatic rings. The lowest BCUT2D eigenvalue weighted by atomic mass is 9.98. The van der Waals surface area contributed by atoms with E-state index in [2.05, 4.69) is 20.6 Å². The summed E-state index contributed by atoms with van der Waals surface area (Å²) in [5.41, 5.74) is 1.22. The van der Waals surface area contributed by atoms with E-state index in [1.165, 1.54) is 12.5 Å². The van der Waals surface area contributed by atoms with Crippen LogP contribution < -0.4 is 10.6 Å². The molecule has 11 nitrogen and oxygen atoms in total. The van der Waals surface area contributed by atoms with Crippen molar-refractivity contribution in [3.05, 3.63) is 48.4 Å². The number of fused-ring (bicyclic) bond motifs is 2. The number of amides is 2. The zero-order valence-electron chi connectivity index (χ0n) is 18.4. The number of piperidine rings is 1. The summed E-state index contributed by atoms with van der Waals surface area (Å²) < 4.78 is 27.5. The number of anilines is 1. The minimum Gasteiger partial charge on any atom is -0.465 e. The van der Waals surface area contributed by atoms with Crippen LogP contribution in [-0.2, 0) is 14.8 Å². The molecule has 1 aromatic carbocycles. The summed E-state index contributed by atoms with van der Waals surface area (Å²) in [4.78, 5) is 34.0. The number of aromatic nitrogens is 3. The quantitative estimate of drug-likeness (QED) is 0.497. The fraction of sp³-hybridized carbons (Fsp3) is 0.364. The van der Waals surface area contributed by atoms with Gasteiger partial charge in [-0.2, -0.15) is 0 Å². The van der Waals surface area contributed by atoms with E-state index in [9.17, 15) is 18.0 Å². The highest BCUT2D eigenvalue weighted by atomic mass is 32.2. The highest BCUT2D eigenvalue weighted by Gasteiger charge is 2.43. The number of benzene rings is 1. The molecular formula is C22H24N6O5S. The minimum atomic E-state index is -3.83. The molecule has 0 aliphatic carbocycles. The van der Waals surface area contributed by atoms with Crippen molar-refractivity contribution in [3.8, 4) is 0 Å². The van der Waals surface area contributed by atoms with Gasteiger partial charge >= 0.3 is 6.09 Å². The maximum Gasteiger partial charge on any atom is 0.405 e. The third-order valence-corrected chi connectivity index (χ3v) is 8.14. The number of hydrogen-bond donors (Lipinski definition) is 3. The van der Waals surface area contributed by atoms with Crippen LogP contribution in [0.5, 0.6) is 0 Å². The van der Waals surface area contributed by atoms with Gasteiger partial charge in [0.05, 0.1) is 10.3 Å². The number of carbonyl (C=O) groups excluding carboxylic acids is 1. The number of rotatable bonds is 5. The summed E-state index contributed by atoms with van der Waals surface area (Å²) in [6.45, 7) is 2.30. The van der Waals surface area contributed by atoms with Gasteiger partial charge in [-0.3, -0.25) is 4.79 Å². The maximum atomic E-state index is 13.2. The summed E-state index contributed by atoms with van der Waals surface area (Å²) in [6, 6.07) is 7.45. The Kier molecular flexibility index (Phi) is 5.39. The van der Waals surface area contributed by atoms with Gasteiger partial charge in [0, 0.05) is 24.8 Å². The summed E-state index contributed by atoms with van der Waals surface area (Å²) >= 11 is 0. The predicted molar refractivity (Wildman–Crippen MR) is 123 cm³/mol. The van der Waals surface area contributed by atoms with Crippen molar-refractivity contribution in [3.63, 3.8) is 0 Å². The number of nitrogens with one attached hydrogen (secondary N) is 2. The average molecular weight is 485 g/mol. The molecule has 2 aliphatic heterocycles. The van der Waals surface area contributed by atoms with Gasteiger partial charge in [-0.05, 0) is 44.4 Å². The second kappa shape index (κ2) is 8.28. The number of nitrogens with zero attached hydrogens (tertiary/aromatic N) is 4. The largest absolute Gasteiger partial charge is 0.465 e. The third kappa shape index (κ3) is 3.83. The Bertz CT molecular complexity index is 1370. The smallest absolute Gasteiger partial charge is 0.405 e. The number of aryl methyl sites for hydroxylation is 1. The van der Waals surface area contributed by atoms with Gasteiger partial charge in [-0.1, -0.05) is 17.7 Å². The molecule has 0 bridgehead atoms. The first-order valence-electron chi connectivity index (χ1n) is 10.9. The number of hydrogen-bond acceptors (Lipinski definition) is 7. The summed E-state index contributed by atoms with van der Waals surface area (Å²) in [7, 11) is -3.83. The zero-order valence-corrected chi connectivity index (χ0v) is 19.2. The van der Waals surface area contributed by atoms with Crippen molar-refractivity contribution in [2.24, 2.45) is 0 Å². The SMILES string of the molecule is Cc1ccc(S(=O)(=O)n2ccc3c(N[C@H]4CC[C@H]5C[C@H](NC(=O)O)C(=O)N5C4)ncnc32)cc1. The van der Waals surface area contributed by atoms with Crippen LogP contribution in [0, 0.1) is 6.92 Å². The summed E-state index contributed by atoms with van der Waals surface area (Å²) in [5, 5.41) is 15.1. The van der Waals surface area contributed by atoms with E-state index in [4.69, 9.17) is 5.11 Å². The molecule has 3 N–H and O–H groups in total. The first-order chi connectivity index (χ1) is 16.2. The van der Waals surface area contributed by atoms with Crippen molar-refractivity contribution >= 4 is 38.9 Å². The molecule has 4 heterocycles. The Labute approximate surface area is 195 Å². The first kappa shape index (κ1) is 22.1. The van der Waals surface area contributed by atoms with Crippen LogP contribution in [0.2, 0.25) is 0 Å². The summed E-state index contributed by atoms with van der Waals surface area (Å²) in [5.74, 6) is 0.264. The second-order valence-electron chi connectivity index (χ2n) is 8.69. The van der Waals surface area contributed by atoms with Crippen LogP contribution >= 0.6 is 0 Å². The summed E-state index contributed by atoms with van der Waals surface area (Å²) in [6.07, 6.45) is 3.53. The van der Waals surface area contributed by atoms with Crippen LogP contribution in [0.25, 0.3) is 11.0 Å². The van der Waals surface area contributed by atoms with E-state index >= 15 is 0 Å². The normalized spacial score (nSPS) is 22.6. The van der Waals surface area contributed by atoms with E-state index in [-0.39, 0.29) is 28.5 Å². The maximum absolute atomic E-state index is 13.2. The molecule has 0 saturated carbocycles.